The van der Waals surface area contributed by atoms with Gasteiger partial charge >= 0.3 is 6.18 Å². The summed E-state index contributed by atoms with van der Waals surface area (Å²) in [6, 6.07) is 2.78. The highest BCUT2D eigenvalue weighted by Gasteiger charge is 2.38. The third-order valence-electron chi connectivity index (χ3n) is 1.90. The highest BCUT2D eigenvalue weighted by molar-refractivity contribution is 5.63. The van der Waals surface area contributed by atoms with Gasteiger partial charge < -0.3 is 16.2 Å². The van der Waals surface area contributed by atoms with Crippen molar-refractivity contribution in [3.8, 4) is 11.9 Å². The van der Waals surface area contributed by atoms with Crippen LogP contribution in [-0.4, -0.2) is 17.3 Å². The Morgan fingerprint density at radius 1 is 1.47 bits per heavy atom. The minimum atomic E-state index is -4.56. The van der Waals surface area contributed by atoms with E-state index in [0.717, 1.165) is 6.92 Å². The Morgan fingerprint density at radius 3 is 2.53 bits per heavy atom. The van der Waals surface area contributed by atoms with E-state index in [9.17, 15) is 13.2 Å². The van der Waals surface area contributed by atoms with Gasteiger partial charge in [-0.1, -0.05) is 0 Å². The zero-order valence-corrected chi connectivity index (χ0v) is 8.75. The molecule has 0 spiro atoms. The molecule has 1 atom stereocenters. The minimum Gasteiger partial charge on any atom is -0.464 e. The van der Waals surface area contributed by atoms with Crippen molar-refractivity contribution in [3.63, 3.8) is 0 Å². The number of hydrogen-bond acceptors (Lipinski definition) is 5. The first-order valence-corrected chi connectivity index (χ1v) is 4.45. The number of ether oxygens (including phenoxy) is 1. The number of aromatic nitrogens is 1. The Kier molecular flexibility index (Phi) is 3.31. The van der Waals surface area contributed by atoms with Gasteiger partial charge in [0.2, 0.25) is 5.88 Å². The molecule has 8 heteroatoms. The average Bonchev–Trinajstić information content (AvgIpc) is 2.15. The maximum Gasteiger partial charge on any atom is 0.425 e. The summed E-state index contributed by atoms with van der Waals surface area (Å²) < 4.78 is 41.4. The van der Waals surface area contributed by atoms with E-state index in [-0.39, 0.29) is 17.1 Å². The first kappa shape index (κ1) is 12.9. The lowest BCUT2D eigenvalue weighted by Gasteiger charge is -2.18. The normalized spacial score (nSPS) is 12.9. The van der Waals surface area contributed by atoms with Crippen LogP contribution in [0.4, 0.5) is 24.7 Å². The predicted octanol–water partition coefficient (Wildman–Crippen LogP) is 1.45. The lowest BCUT2D eigenvalue weighted by atomic mass is 10.2. The number of nitrogens with zero attached hydrogens (tertiary/aromatic N) is 2. The Morgan fingerprint density at radius 2 is 2.06 bits per heavy atom. The number of hydrogen-bond donors (Lipinski definition) is 2. The van der Waals surface area contributed by atoms with E-state index in [4.69, 9.17) is 16.7 Å². The average molecular weight is 246 g/mol. The fourth-order valence-electron chi connectivity index (χ4n) is 0.992. The van der Waals surface area contributed by atoms with Crippen LogP contribution in [0, 0.1) is 11.3 Å². The van der Waals surface area contributed by atoms with Crippen LogP contribution in [0.5, 0.6) is 5.88 Å². The van der Waals surface area contributed by atoms with Crippen molar-refractivity contribution in [2.75, 3.05) is 11.5 Å². The molecule has 92 valence electrons. The highest BCUT2D eigenvalue weighted by atomic mass is 19.4. The third kappa shape index (κ3) is 2.90. The van der Waals surface area contributed by atoms with Gasteiger partial charge in [-0.2, -0.15) is 23.4 Å². The molecule has 0 aromatic carbocycles. The molecule has 0 aliphatic heterocycles. The van der Waals surface area contributed by atoms with Crippen LogP contribution in [-0.2, 0) is 0 Å². The topological polar surface area (TPSA) is 97.9 Å². The number of pyridine rings is 1. The van der Waals surface area contributed by atoms with Gasteiger partial charge in [-0.25, -0.2) is 0 Å². The largest absolute Gasteiger partial charge is 0.464 e. The minimum absolute atomic E-state index is 0.0793. The number of nitrogens with two attached hydrogens (primary N) is 2. The second-order valence-electron chi connectivity index (χ2n) is 3.23. The summed E-state index contributed by atoms with van der Waals surface area (Å²) >= 11 is 0. The predicted molar refractivity (Wildman–Crippen MR) is 53.9 cm³/mol. The molecule has 1 heterocycles. The molecular weight excluding hydrogens is 237 g/mol. The van der Waals surface area contributed by atoms with Gasteiger partial charge in [-0.15, -0.1) is 0 Å². The smallest absolute Gasteiger partial charge is 0.425 e. The van der Waals surface area contributed by atoms with Crippen LogP contribution in [0.3, 0.4) is 0 Å². The second kappa shape index (κ2) is 4.37. The first-order chi connectivity index (χ1) is 7.75. The van der Waals surface area contributed by atoms with Gasteiger partial charge in [0.05, 0.1) is 5.69 Å². The van der Waals surface area contributed by atoms with E-state index in [1.54, 1.807) is 6.07 Å². The number of alkyl halides is 3. The van der Waals surface area contributed by atoms with Gasteiger partial charge in [0.15, 0.2) is 6.10 Å². The summed E-state index contributed by atoms with van der Waals surface area (Å²) in [5, 5.41) is 8.73. The van der Waals surface area contributed by atoms with Crippen LogP contribution in [0.25, 0.3) is 0 Å². The maximum absolute atomic E-state index is 12.3. The number of rotatable bonds is 2. The van der Waals surface area contributed by atoms with Crippen molar-refractivity contribution >= 4 is 11.5 Å². The van der Waals surface area contributed by atoms with E-state index >= 15 is 0 Å². The van der Waals surface area contributed by atoms with Crippen molar-refractivity contribution in [1.29, 1.82) is 5.26 Å². The Labute approximate surface area is 94.8 Å². The fourth-order valence-corrected chi connectivity index (χ4v) is 0.992. The molecule has 0 amide bonds. The molecule has 0 radical (unpaired) electrons. The Balaban J connectivity index is 3.11. The summed E-state index contributed by atoms with van der Waals surface area (Å²) in [7, 11) is 0. The van der Waals surface area contributed by atoms with Crippen LogP contribution in [0.1, 0.15) is 12.5 Å². The fraction of sp³-hybridized carbons (Fsp3) is 0.333. The standard InChI is InChI=1S/C9H9F3N4O/c1-4(9(10,11)12)17-8-5(3-13)6(14)2-7(15)16-8/h2,4H,1H3,(H4,14,15,16). The number of nitriles is 1. The highest BCUT2D eigenvalue weighted by Crippen LogP contribution is 2.28. The zero-order chi connectivity index (χ0) is 13.2. The van der Waals surface area contributed by atoms with Crippen molar-refractivity contribution in [2.45, 2.75) is 19.2 Å². The quantitative estimate of drug-likeness (QED) is 0.822. The van der Waals surface area contributed by atoms with E-state index in [0.29, 0.717) is 0 Å². The molecule has 1 aromatic heterocycles. The van der Waals surface area contributed by atoms with Gasteiger partial charge in [-0.3, -0.25) is 0 Å². The summed E-state index contributed by atoms with van der Waals surface area (Å²) in [6.07, 6.45) is -6.67. The zero-order valence-electron chi connectivity index (χ0n) is 8.75. The molecule has 1 rings (SSSR count). The monoisotopic (exact) mass is 246 g/mol. The van der Waals surface area contributed by atoms with Gasteiger partial charge in [-0.05, 0) is 6.92 Å². The molecule has 4 N–H and O–H groups in total. The second-order valence-corrected chi connectivity index (χ2v) is 3.23. The van der Waals surface area contributed by atoms with Crippen LogP contribution in [0.15, 0.2) is 6.07 Å². The number of nitrogen functional groups attached to an aromatic ring is 2. The number of anilines is 2. The van der Waals surface area contributed by atoms with E-state index < -0.39 is 18.2 Å². The van der Waals surface area contributed by atoms with E-state index in [1.807, 2.05) is 0 Å². The van der Waals surface area contributed by atoms with Crippen molar-refractivity contribution in [3.05, 3.63) is 11.6 Å². The lowest BCUT2D eigenvalue weighted by molar-refractivity contribution is -0.190. The van der Waals surface area contributed by atoms with Crippen LogP contribution in [0.2, 0.25) is 0 Å². The van der Waals surface area contributed by atoms with Crippen molar-refractivity contribution in [1.82, 2.24) is 4.98 Å². The molecule has 0 aliphatic rings. The molecule has 17 heavy (non-hydrogen) atoms. The summed E-state index contributed by atoms with van der Waals surface area (Å²) in [6.45, 7) is 0.794. The van der Waals surface area contributed by atoms with Gasteiger partial charge in [0.1, 0.15) is 17.5 Å². The van der Waals surface area contributed by atoms with Crippen LogP contribution >= 0.6 is 0 Å². The lowest BCUT2D eigenvalue weighted by Crippen LogP contribution is -2.31. The molecule has 0 saturated heterocycles. The molecule has 0 fully saturated rings. The third-order valence-corrected chi connectivity index (χ3v) is 1.90. The first-order valence-electron chi connectivity index (χ1n) is 4.45. The Bertz CT molecular complexity index is 467. The van der Waals surface area contributed by atoms with Gasteiger partial charge in [0.25, 0.3) is 0 Å². The molecule has 0 aliphatic carbocycles. The van der Waals surface area contributed by atoms with E-state index in [1.165, 1.54) is 6.07 Å². The SMILES string of the molecule is CC(Oc1nc(N)cc(N)c1C#N)C(F)(F)F. The van der Waals surface area contributed by atoms with Crippen molar-refractivity contribution < 1.29 is 17.9 Å². The molecule has 1 unspecified atom stereocenters. The van der Waals surface area contributed by atoms with Crippen molar-refractivity contribution in [2.24, 2.45) is 0 Å². The Hall–Kier alpha value is -2.17. The molecule has 5 nitrogen and oxygen atoms in total. The van der Waals surface area contributed by atoms with E-state index in [2.05, 4.69) is 9.72 Å². The summed E-state index contributed by atoms with van der Waals surface area (Å²) in [5.41, 5.74) is 10.4. The summed E-state index contributed by atoms with van der Waals surface area (Å²) in [4.78, 5) is 3.51. The van der Waals surface area contributed by atoms with Gasteiger partial charge in [0, 0.05) is 6.07 Å². The molecule has 0 saturated carbocycles. The maximum atomic E-state index is 12.3. The van der Waals surface area contributed by atoms with Crippen LogP contribution < -0.4 is 16.2 Å². The molecule has 0 bridgehead atoms. The molecule has 1 aromatic rings. The number of halogens is 3. The summed E-state index contributed by atoms with van der Waals surface area (Å²) in [5.74, 6) is -0.638. The molecular formula is C9H9F3N4O.